The molecule has 0 saturated heterocycles. The number of aromatic nitrogens is 1. The monoisotopic (exact) mass is 311 g/mol. The van der Waals surface area contributed by atoms with Crippen LogP contribution in [0.1, 0.15) is 29.9 Å². The first-order valence-electron chi connectivity index (χ1n) is 6.09. The highest BCUT2D eigenvalue weighted by Crippen LogP contribution is 2.45. The number of hydrogen-bond acceptors (Lipinski definition) is 1. The van der Waals surface area contributed by atoms with Crippen molar-refractivity contribution in [2.45, 2.75) is 32.4 Å². The predicted octanol–water partition coefficient (Wildman–Crippen LogP) is 4.33. The van der Waals surface area contributed by atoms with E-state index in [1.807, 2.05) is 0 Å². The molecule has 1 aromatic heterocycles. The van der Waals surface area contributed by atoms with E-state index in [1.54, 1.807) is 20.1 Å². The number of nitrogens with zero attached hydrogens (tertiary/aromatic N) is 1. The maximum Gasteiger partial charge on any atom is 0.128 e. The molecule has 1 aromatic carbocycles. The van der Waals surface area contributed by atoms with E-state index < -0.39 is 0 Å². The number of hydrogen-bond donors (Lipinski definition) is 0. The van der Waals surface area contributed by atoms with E-state index in [2.05, 4.69) is 26.7 Å². The lowest BCUT2D eigenvalue weighted by atomic mass is 10.1. The van der Waals surface area contributed by atoms with E-state index in [0.717, 1.165) is 15.4 Å². The average molecular weight is 312 g/mol. The Morgan fingerprint density at radius 2 is 2.22 bits per heavy atom. The summed E-state index contributed by atoms with van der Waals surface area (Å²) >= 11 is 3.52. The number of halogens is 2. The highest BCUT2D eigenvalue weighted by atomic mass is 79.9. The molecular weight excluding hydrogens is 297 g/mol. The fraction of sp³-hybridized carbons (Fsp3) is 0.429. The summed E-state index contributed by atoms with van der Waals surface area (Å²) in [5.74, 6) is 0.450. The second kappa shape index (κ2) is 4.35. The van der Waals surface area contributed by atoms with Gasteiger partial charge in [-0.25, -0.2) is 4.39 Å². The number of ether oxygens (including phenoxy) is 1. The molecule has 0 N–H and O–H groups in total. The highest BCUT2D eigenvalue weighted by molar-refractivity contribution is 9.10. The van der Waals surface area contributed by atoms with Crippen LogP contribution in [0.25, 0.3) is 10.9 Å². The Morgan fingerprint density at radius 3 is 2.83 bits per heavy atom. The molecule has 0 aliphatic heterocycles. The van der Waals surface area contributed by atoms with Crippen LogP contribution in [0.4, 0.5) is 4.39 Å². The van der Waals surface area contributed by atoms with Crippen LogP contribution in [0.5, 0.6) is 0 Å². The van der Waals surface area contributed by atoms with E-state index >= 15 is 0 Å². The van der Waals surface area contributed by atoms with Crippen LogP contribution in [0.15, 0.2) is 16.7 Å². The molecule has 2 aromatic rings. The molecule has 1 fully saturated rings. The van der Waals surface area contributed by atoms with Gasteiger partial charge in [0.05, 0.1) is 5.52 Å². The Hall–Kier alpha value is -0.870. The predicted molar refractivity (Wildman–Crippen MR) is 73.3 cm³/mol. The molecule has 3 rings (SSSR count). The van der Waals surface area contributed by atoms with Crippen LogP contribution in [0, 0.1) is 12.7 Å². The Bertz CT molecular complexity index is 616. The Labute approximate surface area is 114 Å². The maximum absolute atomic E-state index is 13.9. The summed E-state index contributed by atoms with van der Waals surface area (Å²) in [6.07, 6.45) is 4.52. The van der Waals surface area contributed by atoms with Crippen molar-refractivity contribution in [2.75, 3.05) is 7.11 Å². The molecule has 0 atom stereocenters. The molecule has 4 heteroatoms. The fourth-order valence-electron chi connectivity index (χ4n) is 2.47. The zero-order valence-electron chi connectivity index (χ0n) is 10.5. The minimum atomic E-state index is -0.147. The van der Waals surface area contributed by atoms with Gasteiger partial charge in [-0.05, 0) is 53.2 Å². The topological polar surface area (TPSA) is 14.2 Å². The summed E-state index contributed by atoms with van der Waals surface area (Å²) in [5.41, 5.74) is 2.94. The molecule has 18 heavy (non-hydrogen) atoms. The molecular formula is C14H15BrFNO. The van der Waals surface area contributed by atoms with Gasteiger partial charge in [0.1, 0.15) is 12.5 Å². The van der Waals surface area contributed by atoms with E-state index in [1.165, 1.54) is 18.4 Å². The molecule has 0 spiro atoms. The summed E-state index contributed by atoms with van der Waals surface area (Å²) < 4.78 is 22.0. The van der Waals surface area contributed by atoms with Crippen LogP contribution >= 0.6 is 15.9 Å². The largest absolute Gasteiger partial charge is 0.364 e. The quantitative estimate of drug-likeness (QED) is 0.823. The first-order valence-corrected chi connectivity index (χ1v) is 6.89. The normalized spacial score (nSPS) is 15.6. The Balaban J connectivity index is 2.31. The van der Waals surface area contributed by atoms with Crippen LogP contribution in [-0.2, 0) is 11.5 Å². The second-order valence-electron chi connectivity index (χ2n) is 4.94. The minimum absolute atomic E-state index is 0.147. The summed E-state index contributed by atoms with van der Waals surface area (Å²) in [5, 5.41) is 1.02. The van der Waals surface area contributed by atoms with Gasteiger partial charge in [-0.1, -0.05) is 0 Å². The summed E-state index contributed by atoms with van der Waals surface area (Å²) in [6.45, 7) is 2.28. The third-order valence-corrected chi connectivity index (χ3v) is 4.57. The van der Waals surface area contributed by atoms with Crippen molar-refractivity contribution in [3.63, 3.8) is 0 Å². The molecule has 0 radical (unpaired) electrons. The molecule has 1 heterocycles. The van der Waals surface area contributed by atoms with Crippen molar-refractivity contribution in [2.24, 2.45) is 0 Å². The van der Waals surface area contributed by atoms with Crippen LogP contribution in [0.3, 0.4) is 0 Å². The van der Waals surface area contributed by atoms with Crippen LogP contribution in [-0.4, -0.2) is 11.7 Å². The maximum atomic E-state index is 13.9. The smallest absolute Gasteiger partial charge is 0.128 e. The standard InChI is InChI=1S/C14H15BrFNO/c1-8-12(16)5-10-11(9-3-4-9)6-17(7-18-2)14(10)13(8)15/h5-6,9H,3-4,7H2,1-2H3. The lowest BCUT2D eigenvalue weighted by Gasteiger charge is -2.08. The van der Waals surface area contributed by atoms with E-state index in [4.69, 9.17) is 4.74 Å². The molecule has 1 saturated carbocycles. The zero-order valence-corrected chi connectivity index (χ0v) is 12.1. The number of fused-ring (bicyclic) bond motifs is 1. The van der Waals surface area contributed by atoms with Crippen LogP contribution < -0.4 is 0 Å². The highest BCUT2D eigenvalue weighted by Gasteiger charge is 2.28. The van der Waals surface area contributed by atoms with Gasteiger partial charge >= 0.3 is 0 Å². The third-order valence-electron chi connectivity index (χ3n) is 3.60. The Kier molecular flexibility index (Phi) is 2.94. The SMILES string of the molecule is COCn1cc(C2CC2)c2cc(F)c(C)c(Br)c21. The van der Waals surface area contributed by atoms with Gasteiger partial charge in [0.25, 0.3) is 0 Å². The van der Waals surface area contributed by atoms with Gasteiger partial charge in [0, 0.05) is 28.7 Å². The van der Waals surface area contributed by atoms with Gasteiger partial charge < -0.3 is 9.30 Å². The lowest BCUT2D eigenvalue weighted by molar-refractivity contribution is 0.134. The number of rotatable bonds is 3. The van der Waals surface area contributed by atoms with Crippen molar-refractivity contribution in [1.29, 1.82) is 0 Å². The Morgan fingerprint density at radius 1 is 1.50 bits per heavy atom. The number of benzene rings is 1. The van der Waals surface area contributed by atoms with Gasteiger partial charge in [-0.3, -0.25) is 0 Å². The fourth-order valence-corrected chi connectivity index (χ4v) is 3.10. The van der Waals surface area contributed by atoms with Gasteiger partial charge in [0.2, 0.25) is 0 Å². The summed E-state index contributed by atoms with van der Waals surface area (Å²) in [6, 6.07) is 1.66. The van der Waals surface area contributed by atoms with E-state index in [0.29, 0.717) is 18.2 Å². The lowest BCUT2D eigenvalue weighted by Crippen LogP contribution is -1.99. The molecule has 1 aliphatic rings. The number of methoxy groups -OCH3 is 1. The summed E-state index contributed by atoms with van der Waals surface area (Å²) in [4.78, 5) is 0. The molecule has 1 aliphatic carbocycles. The van der Waals surface area contributed by atoms with Gasteiger partial charge in [-0.15, -0.1) is 0 Å². The molecule has 0 amide bonds. The molecule has 0 unspecified atom stereocenters. The van der Waals surface area contributed by atoms with Gasteiger partial charge in [-0.2, -0.15) is 0 Å². The first kappa shape index (κ1) is 12.2. The van der Waals surface area contributed by atoms with E-state index in [-0.39, 0.29) is 5.82 Å². The van der Waals surface area contributed by atoms with Crippen molar-refractivity contribution in [3.8, 4) is 0 Å². The van der Waals surface area contributed by atoms with Crippen molar-refractivity contribution in [3.05, 3.63) is 33.7 Å². The van der Waals surface area contributed by atoms with E-state index in [9.17, 15) is 4.39 Å². The molecule has 2 nitrogen and oxygen atoms in total. The van der Waals surface area contributed by atoms with Crippen molar-refractivity contribution in [1.82, 2.24) is 4.57 Å². The zero-order chi connectivity index (χ0) is 12.9. The van der Waals surface area contributed by atoms with Crippen molar-refractivity contribution < 1.29 is 9.13 Å². The minimum Gasteiger partial charge on any atom is -0.364 e. The summed E-state index contributed by atoms with van der Waals surface area (Å²) in [7, 11) is 1.67. The molecule has 96 valence electrons. The first-order chi connectivity index (χ1) is 8.63. The van der Waals surface area contributed by atoms with Crippen LogP contribution in [0.2, 0.25) is 0 Å². The average Bonchev–Trinajstić information content (AvgIpc) is 3.11. The van der Waals surface area contributed by atoms with Gasteiger partial charge in [0.15, 0.2) is 0 Å². The third kappa shape index (κ3) is 1.79. The van der Waals surface area contributed by atoms with Crippen molar-refractivity contribution >= 4 is 26.8 Å². The second-order valence-corrected chi connectivity index (χ2v) is 5.73. The molecule has 0 bridgehead atoms.